The Morgan fingerprint density at radius 3 is 2.43 bits per heavy atom. The van der Waals surface area contributed by atoms with E-state index in [4.69, 9.17) is 4.74 Å². The maximum absolute atomic E-state index is 5.34. The van der Waals surface area contributed by atoms with Crippen LogP contribution in [-0.2, 0) is 4.74 Å². The van der Waals surface area contributed by atoms with Crippen LogP contribution < -0.4 is 0 Å². The van der Waals surface area contributed by atoms with Crippen LogP contribution in [-0.4, -0.2) is 12.7 Å². The van der Waals surface area contributed by atoms with Crippen LogP contribution in [0.25, 0.3) is 0 Å². The van der Waals surface area contributed by atoms with Gasteiger partial charge in [0.1, 0.15) is 5.60 Å². The molecule has 1 aromatic rings. The summed E-state index contributed by atoms with van der Waals surface area (Å²) in [6.45, 7) is 4.08. The van der Waals surface area contributed by atoms with Gasteiger partial charge in [-0.25, -0.2) is 0 Å². The fraction of sp³-hybridized carbons (Fsp3) is 0.385. The van der Waals surface area contributed by atoms with Crippen LogP contribution >= 0.6 is 0 Å². The molecule has 0 bridgehead atoms. The van der Waals surface area contributed by atoms with Crippen molar-refractivity contribution < 1.29 is 4.74 Å². The van der Waals surface area contributed by atoms with Gasteiger partial charge >= 0.3 is 0 Å². The molecular weight excluding hydrogens is 172 g/mol. The molecule has 0 amide bonds. The molecule has 0 saturated carbocycles. The highest BCUT2D eigenvalue weighted by Gasteiger charge is 2.16. The van der Waals surface area contributed by atoms with Gasteiger partial charge in [0.2, 0.25) is 0 Å². The lowest BCUT2D eigenvalue weighted by Gasteiger charge is -2.18. The molecule has 1 nitrogen and oxygen atoms in total. The Balaban J connectivity index is 2.82. The van der Waals surface area contributed by atoms with Gasteiger partial charge in [-0.2, -0.15) is 0 Å². The van der Waals surface area contributed by atoms with E-state index in [9.17, 15) is 0 Å². The third-order valence-corrected chi connectivity index (χ3v) is 2.37. The van der Waals surface area contributed by atoms with Crippen molar-refractivity contribution in [3.8, 4) is 11.8 Å². The molecule has 0 heterocycles. The standard InChI is InChI=1S/C13H16O/c1-4-13(2,14-3)11-10-12-8-6-5-7-9-12/h5-9H,4H2,1-3H3. The Morgan fingerprint density at radius 2 is 1.93 bits per heavy atom. The molecule has 1 aromatic carbocycles. The van der Waals surface area contributed by atoms with Crippen molar-refractivity contribution in [1.82, 2.24) is 0 Å². The van der Waals surface area contributed by atoms with Crippen LogP contribution in [0.3, 0.4) is 0 Å². The molecule has 74 valence electrons. The predicted octanol–water partition coefficient (Wildman–Crippen LogP) is 2.85. The van der Waals surface area contributed by atoms with Gasteiger partial charge < -0.3 is 4.74 Å². The van der Waals surface area contributed by atoms with E-state index >= 15 is 0 Å². The van der Waals surface area contributed by atoms with Crippen LogP contribution in [0.5, 0.6) is 0 Å². The fourth-order valence-electron chi connectivity index (χ4n) is 1.01. The Morgan fingerprint density at radius 1 is 1.29 bits per heavy atom. The Bertz CT molecular complexity index is 325. The molecule has 1 rings (SSSR count). The van der Waals surface area contributed by atoms with Crippen LogP contribution in [0.1, 0.15) is 25.8 Å². The van der Waals surface area contributed by atoms with Crippen molar-refractivity contribution in [2.45, 2.75) is 25.9 Å². The van der Waals surface area contributed by atoms with E-state index < -0.39 is 0 Å². The van der Waals surface area contributed by atoms with E-state index in [1.54, 1.807) is 7.11 Å². The zero-order valence-corrected chi connectivity index (χ0v) is 9.00. The van der Waals surface area contributed by atoms with Crippen LogP contribution in [0, 0.1) is 11.8 Å². The smallest absolute Gasteiger partial charge is 0.125 e. The van der Waals surface area contributed by atoms with E-state index in [1.165, 1.54) is 0 Å². The number of benzene rings is 1. The molecule has 0 aliphatic rings. The molecule has 0 N–H and O–H groups in total. The third kappa shape index (κ3) is 2.90. The highest BCUT2D eigenvalue weighted by Crippen LogP contribution is 2.12. The summed E-state index contributed by atoms with van der Waals surface area (Å²) in [4.78, 5) is 0. The highest BCUT2D eigenvalue weighted by atomic mass is 16.5. The summed E-state index contributed by atoms with van der Waals surface area (Å²) in [5.74, 6) is 6.25. The zero-order valence-electron chi connectivity index (χ0n) is 9.00. The van der Waals surface area contributed by atoms with Gasteiger partial charge in [0.25, 0.3) is 0 Å². The first-order valence-corrected chi connectivity index (χ1v) is 4.83. The first kappa shape index (κ1) is 10.8. The molecule has 0 spiro atoms. The average molecular weight is 188 g/mol. The number of ether oxygens (including phenoxy) is 1. The molecule has 14 heavy (non-hydrogen) atoms. The van der Waals surface area contributed by atoms with Gasteiger partial charge in [0.05, 0.1) is 0 Å². The van der Waals surface area contributed by atoms with Gasteiger partial charge in [-0.3, -0.25) is 0 Å². The number of rotatable bonds is 2. The summed E-state index contributed by atoms with van der Waals surface area (Å²) in [7, 11) is 1.70. The molecule has 0 aromatic heterocycles. The van der Waals surface area contributed by atoms with Gasteiger partial charge in [-0.15, -0.1) is 0 Å². The zero-order chi connectivity index (χ0) is 10.4. The second kappa shape index (κ2) is 4.83. The monoisotopic (exact) mass is 188 g/mol. The van der Waals surface area contributed by atoms with Crippen molar-refractivity contribution in [2.24, 2.45) is 0 Å². The minimum atomic E-state index is -0.324. The molecule has 1 heteroatoms. The van der Waals surface area contributed by atoms with Crippen molar-refractivity contribution >= 4 is 0 Å². The van der Waals surface area contributed by atoms with Crippen molar-refractivity contribution in [1.29, 1.82) is 0 Å². The van der Waals surface area contributed by atoms with Crippen molar-refractivity contribution in [2.75, 3.05) is 7.11 Å². The van der Waals surface area contributed by atoms with Crippen molar-refractivity contribution in [3.05, 3.63) is 35.9 Å². The van der Waals surface area contributed by atoms with E-state index in [-0.39, 0.29) is 5.60 Å². The molecule has 0 aliphatic carbocycles. The quantitative estimate of drug-likeness (QED) is 0.648. The summed E-state index contributed by atoms with van der Waals surface area (Å²) < 4.78 is 5.34. The van der Waals surface area contributed by atoms with Crippen LogP contribution in [0.4, 0.5) is 0 Å². The molecule has 1 unspecified atom stereocenters. The minimum absolute atomic E-state index is 0.324. The maximum atomic E-state index is 5.34. The molecule has 1 atom stereocenters. The summed E-state index contributed by atoms with van der Waals surface area (Å²) in [5.41, 5.74) is 0.708. The number of methoxy groups -OCH3 is 1. The van der Waals surface area contributed by atoms with E-state index in [2.05, 4.69) is 18.8 Å². The lowest BCUT2D eigenvalue weighted by Crippen LogP contribution is -2.23. The molecule has 0 radical (unpaired) electrons. The Labute approximate surface area is 86.1 Å². The van der Waals surface area contributed by atoms with E-state index in [0.29, 0.717) is 0 Å². The number of hydrogen-bond acceptors (Lipinski definition) is 1. The second-order valence-electron chi connectivity index (χ2n) is 3.40. The molecular formula is C13H16O. The SMILES string of the molecule is CCC(C)(C#Cc1ccccc1)OC. The van der Waals surface area contributed by atoms with Crippen LogP contribution in [0.15, 0.2) is 30.3 Å². The lowest BCUT2D eigenvalue weighted by molar-refractivity contribution is 0.0543. The minimum Gasteiger partial charge on any atom is -0.366 e. The largest absolute Gasteiger partial charge is 0.366 e. The predicted molar refractivity (Wildman–Crippen MR) is 59.0 cm³/mol. The lowest BCUT2D eigenvalue weighted by atomic mass is 10.0. The normalized spacial score (nSPS) is 13.9. The molecule has 0 aliphatic heterocycles. The summed E-state index contributed by atoms with van der Waals surface area (Å²) in [5, 5.41) is 0. The number of hydrogen-bond donors (Lipinski definition) is 0. The van der Waals surface area contributed by atoms with Gasteiger partial charge in [0, 0.05) is 12.7 Å². The van der Waals surface area contributed by atoms with Gasteiger partial charge in [-0.05, 0) is 25.5 Å². The Hall–Kier alpha value is -1.26. The summed E-state index contributed by atoms with van der Waals surface area (Å²) >= 11 is 0. The third-order valence-electron chi connectivity index (χ3n) is 2.37. The van der Waals surface area contributed by atoms with E-state index in [1.807, 2.05) is 37.3 Å². The molecule has 0 saturated heterocycles. The maximum Gasteiger partial charge on any atom is 0.125 e. The topological polar surface area (TPSA) is 9.23 Å². The highest BCUT2D eigenvalue weighted by molar-refractivity contribution is 5.35. The van der Waals surface area contributed by atoms with Gasteiger partial charge in [-0.1, -0.05) is 37.0 Å². The van der Waals surface area contributed by atoms with E-state index in [0.717, 1.165) is 12.0 Å². The average Bonchev–Trinajstić information content (AvgIpc) is 2.27. The first-order chi connectivity index (χ1) is 6.70. The second-order valence-corrected chi connectivity index (χ2v) is 3.40. The molecule has 0 fully saturated rings. The Kier molecular flexibility index (Phi) is 3.73. The van der Waals surface area contributed by atoms with Gasteiger partial charge in [0.15, 0.2) is 0 Å². The van der Waals surface area contributed by atoms with Crippen molar-refractivity contribution in [3.63, 3.8) is 0 Å². The van der Waals surface area contributed by atoms with Crippen LogP contribution in [0.2, 0.25) is 0 Å². The first-order valence-electron chi connectivity index (χ1n) is 4.83. The summed E-state index contributed by atoms with van der Waals surface area (Å²) in [6, 6.07) is 9.96. The fourth-order valence-corrected chi connectivity index (χ4v) is 1.01. The summed E-state index contributed by atoms with van der Waals surface area (Å²) in [6.07, 6.45) is 0.892.